The van der Waals surface area contributed by atoms with Gasteiger partial charge >= 0.3 is 0 Å². The van der Waals surface area contributed by atoms with Gasteiger partial charge in [0.15, 0.2) is 11.0 Å². The Kier molecular flexibility index (Phi) is 7.36. The molecule has 0 bridgehead atoms. The summed E-state index contributed by atoms with van der Waals surface area (Å²) in [6, 6.07) is 23.6. The molecule has 0 atom stereocenters. The zero-order valence-electron chi connectivity index (χ0n) is 18.1. The molecule has 0 saturated carbocycles. The fourth-order valence-corrected chi connectivity index (χ4v) is 4.01. The van der Waals surface area contributed by atoms with Gasteiger partial charge in [-0.3, -0.25) is 9.36 Å². The molecule has 168 valence electrons. The zero-order valence-corrected chi connectivity index (χ0v) is 18.9. The quantitative estimate of drug-likeness (QED) is 0.370. The first-order chi connectivity index (χ1) is 16.1. The van der Waals surface area contributed by atoms with E-state index in [2.05, 4.69) is 15.5 Å². The summed E-state index contributed by atoms with van der Waals surface area (Å²) in [5.41, 5.74) is 2.82. The lowest BCUT2D eigenvalue weighted by atomic mass is 10.2. The van der Waals surface area contributed by atoms with Crippen LogP contribution < -0.4 is 10.1 Å². The van der Waals surface area contributed by atoms with Crippen molar-refractivity contribution in [3.05, 3.63) is 95.8 Å². The maximum atomic E-state index is 13.4. The summed E-state index contributed by atoms with van der Waals surface area (Å²) >= 11 is 1.32. The Labute approximate surface area is 195 Å². The molecule has 0 saturated heterocycles. The number of hydrogen-bond donors (Lipinski definition) is 1. The number of halogens is 1. The number of benzene rings is 3. The molecule has 0 spiro atoms. The van der Waals surface area contributed by atoms with Crippen molar-refractivity contribution in [1.29, 1.82) is 0 Å². The molecule has 0 unspecified atom stereocenters. The Morgan fingerprint density at radius 1 is 0.970 bits per heavy atom. The van der Waals surface area contributed by atoms with E-state index in [1.807, 2.05) is 59.2 Å². The number of carbonyl (C=O) groups is 1. The molecule has 0 fully saturated rings. The van der Waals surface area contributed by atoms with Gasteiger partial charge in [-0.2, -0.15) is 0 Å². The minimum Gasteiger partial charge on any atom is -0.497 e. The standard InChI is InChI=1S/C25H23FN4O2S/c1-32-22-13-7-18(8-14-22)15-27-23(31)17-33-25-29-28-24(20-9-11-21(26)12-10-20)30(25)16-19-5-3-2-4-6-19/h2-14H,15-17H2,1H3,(H,27,31). The summed E-state index contributed by atoms with van der Waals surface area (Å²) in [5.74, 6) is 1.19. The molecule has 0 radical (unpaired) electrons. The van der Waals surface area contributed by atoms with Crippen LogP contribution in [-0.2, 0) is 17.9 Å². The van der Waals surface area contributed by atoms with Crippen molar-refractivity contribution < 1.29 is 13.9 Å². The van der Waals surface area contributed by atoms with E-state index in [4.69, 9.17) is 4.74 Å². The molecule has 1 aromatic heterocycles. The SMILES string of the molecule is COc1ccc(CNC(=O)CSc2nnc(-c3ccc(F)cc3)n2Cc2ccccc2)cc1. The van der Waals surface area contributed by atoms with Crippen LogP contribution in [0.25, 0.3) is 11.4 Å². The van der Waals surface area contributed by atoms with Crippen molar-refractivity contribution in [2.45, 2.75) is 18.2 Å². The number of thioether (sulfide) groups is 1. The molecule has 6 nitrogen and oxygen atoms in total. The second kappa shape index (κ2) is 10.8. The van der Waals surface area contributed by atoms with Gasteiger partial charge in [0.2, 0.25) is 5.91 Å². The van der Waals surface area contributed by atoms with Crippen LogP contribution in [0.15, 0.2) is 84.0 Å². The Balaban J connectivity index is 1.45. The highest BCUT2D eigenvalue weighted by Crippen LogP contribution is 2.25. The summed E-state index contributed by atoms with van der Waals surface area (Å²) in [5, 5.41) is 12.2. The van der Waals surface area contributed by atoms with Gasteiger partial charge in [0.1, 0.15) is 11.6 Å². The molecule has 33 heavy (non-hydrogen) atoms. The molecular weight excluding hydrogens is 439 g/mol. The van der Waals surface area contributed by atoms with E-state index in [9.17, 15) is 9.18 Å². The first kappa shape index (κ1) is 22.5. The lowest BCUT2D eigenvalue weighted by molar-refractivity contribution is -0.118. The van der Waals surface area contributed by atoms with Gasteiger partial charge in [0, 0.05) is 12.1 Å². The molecule has 3 aromatic carbocycles. The van der Waals surface area contributed by atoms with E-state index >= 15 is 0 Å². The van der Waals surface area contributed by atoms with Crippen LogP contribution >= 0.6 is 11.8 Å². The number of methoxy groups -OCH3 is 1. The highest BCUT2D eigenvalue weighted by Gasteiger charge is 2.16. The van der Waals surface area contributed by atoms with Crippen LogP contribution in [0.5, 0.6) is 5.75 Å². The summed E-state index contributed by atoms with van der Waals surface area (Å²) in [6.07, 6.45) is 0. The van der Waals surface area contributed by atoms with E-state index in [0.29, 0.717) is 24.1 Å². The highest BCUT2D eigenvalue weighted by atomic mass is 32.2. The summed E-state index contributed by atoms with van der Waals surface area (Å²) in [4.78, 5) is 12.4. The van der Waals surface area contributed by atoms with Crippen molar-refractivity contribution >= 4 is 17.7 Å². The average Bonchev–Trinajstić information content (AvgIpc) is 3.25. The summed E-state index contributed by atoms with van der Waals surface area (Å²) < 4.78 is 20.5. The van der Waals surface area contributed by atoms with E-state index in [1.165, 1.54) is 23.9 Å². The van der Waals surface area contributed by atoms with Crippen LogP contribution in [0.4, 0.5) is 4.39 Å². The van der Waals surface area contributed by atoms with Crippen molar-refractivity contribution in [1.82, 2.24) is 20.1 Å². The van der Waals surface area contributed by atoms with E-state index in [0.717, 1.165) is 22.4 Å². The van der Waals surface area contributed by atoms with E-state index in [-0.39, 0.29) is 17.5 Å². The van der Waals surface area contributed by atoms with Crippen molar-refractivity contribution in [2.24, 2.45) is 0 Å². The lowest BCUT2D eigenvalue weighted by Gasteiger charge is -2.11. The van der Waals surface area contributed by atoms with Gasteiger partial charge in [-0.25, -0.2) is 4.39 Å². The number of nitrogens with one attached hydrogen (secondary N) is 1. The molecule has 1 N–H and O–H groups in total. The van der Waals surface area contributed by atoms with Crippen molar-refractivity contribution in [3.63, 3.8) is 0 Å². The number of rotatable bonds is 9. The second-order valence-electron chi connectivity index (χ2n) is 7.30. The molecule has 1 amide bonds. The van der Waals surface area contributed by atoms with Crippen LogP contribution in [0.1, 0.15) is 11.1 Å². The summed E-state index contributed by atoms with van der Waals surface area (Å²) in [6.45, 7) is 0.970. The Morgan fingerprint density at radius 2 is 1.70 bits per heavy atom. The van der Waals surface area contributed by atoms with Gasteiger partial charge in [0.25, 0.3) is 0 Å². The maximum absolute atomic E-state index is 13.4. The second-order valence-corrected chi connectivity index (χ2v) is 8.24. The van der Waals surface area contributed by atoms with E-state index in [1.54, 1.807) is 19.2 Å². The number of carbonyl (C=O) groups excluding carboxylic acids is 1. The van der Waals surface area contributed by atoms with Crippen LogP contribution in [0.3, 0.4) is 0 Å². The predicted octanol–water partition coefficient (Wildman–Crippen LogP) is 4.55. The minimum atomic E-state index is -0.309. The minimum absolute atomic E-state index is 0.103. The fraction of sp³-hybridized carbons (Fsp3) is 0.160. The number of amides is 1. The first-order valence-electron chi connectivity index (χ1n) is 10.4. The third kappa shape index (κ3) is 5.98. The third-order valence-electron chi connectivity index (χ3n) is 4.98. The van der Waals surface area contributed by atoms with Gasteiger partial charge < -0.3 is 10.1 Å². The van der Waals surface area contributed by atoms with Gasteiger partial charge in [-0.1, -0.05) is 54.2 Å². The third-order valence-corrected chi connectivity index (χ3v) is 5.95. The molecule has 4 aromatic rings. The first-order valence-corrected chi connectivity index (χ1v) is 11.4. The van der Waals surface area contributed by atoms with Crippen LogP contribution in [-0.4, -0.2) is 33.5 Å². The van der Waals surface area contributed by atoms with Gasteiger partial charge in [-0.05, 0) is 47.5 Å². The monoisotopic (exact) mass is 462 g/mol. The zero-order chi connectivity index (χ0) is 23.0. The molecular formula is C25H23FN4O2S. The smallest absolute Gasteiger partial charge is 0.230 e. The largest absolute Gasteiger partial charge is 0.497 e. The number of hydrogen-bond acceptors (Lipinski definition) is 5. The highest BCUT2D eigenvalue weighted by molar-refractivity contribution is 7.99. The molecule has 8 heteroatoms. The normalized spacial score (nSPS) is 10.7. The van der Waals surface area contributed by atoms with Gasteiger partial charge in [-0.15, -0.1) is 10.2 Å². The Bertz CT molecular complexity index is 1200. The maximum Gasteiger partial charge on any atom is 0.230 e. The molecule has 0 aliphatic carbocycles. The van der Waals surface area contributed by atoms with Gasteiger partial charge in [0.05, 0.1) is 19.4 Å². The van der Waals surface area contributed by atoms with Crippen molar-refractivity contribution in [3.8, 4) is 17.1 Å². The number of aromatic nitrogens is 3. The van der Waals surface area contributed by atoms with E-state index < -0.39 is 0 Å². The fourth-order valence-electron chi connectivity index (χ4n) is 3.24. The Morgan fingerprint density at radius 3 is 2.39 bits per heavy atom. The number of nitrogens with zero attached hydrogens (tertiary/aromatic N) is 3. The number of ether oxygens (including phenoxy) is 1. The molecule has 0 aliphatic rings. The molecule has 0 aliphatic heterocycles. The molecule has 4 rings (SSSR count). The van der Waals surface area contributed by atoms with Crippen LogP contribution in [0, 0.1) is 5.82 Å². The topological polar surface area (TPSA) is 69.0 Å². The lowest BCUT2D eigenvalue weighted by Crippen LogP contribution is -2.24. The Hall–Kier alpha value is -3.65. The average molecular weight is 463 g/mol. The van der Waals surface area contributed by atoms with Crippen molar-refractivity contribution in [2.75, 3.05) is 12.9 Å². The predicted molar refractivity (Wildman–Crippen MR) is 127 cm³/mol. The summed E-state index contributed by atoms with van der Waals surface area (Å²) in [7, 11) is 1.62. The molecule has 1 heterocycles. The van der Waals surface area contributed by atoms with Crippen LogP contribution in [0.2, 0.25) is 0 Å².